The monoisotopic (exact) mass is 128 g/mol. The molecule has 54 valence electrons. The van der Waals surface area contributed by atoms with Gasteiger partial charge in [0, 0.05) is 0 Å². The molecule has 0 rings (SSSR count). The van der Waals surface area contributed by atoms with E-state index in [-0.39, 0.29) is 12.0 Å². The molecule has 0 saturated heterocycles. The first kappa shape index (κ1) is 8.70. The molecule has 1 nitrogen and oxygen atoms in total. The minimum absolute atomic E-state index is 0.213. The molecule has 1 heteroatoms. The number of hydrogen-bond donors (Lipinski definition) is 1. The lowest BCUT2D eigenvalue weighted by Gasteiger charge is -2.18. The average molecular weight is 128 g/mol. The summed E-state index contributed by atoms with van der Waals surface area (Å²) in [7, 11) is 0. The van der Waals surface area contributed by atoms with Crippen LogP contribution in [0.1, 0.15) is 20.8 Å². The molecular formula is C8H16O. The van der Waals surface area contributed by atoms with E-state index in [1.807, 2.05) is 20.8 Å². The number of hydrogen-bond acceptors (Lipinski definition) is 1. The maximum absolute atomic E-state index is 9.32. The lowest BCUT2D eigenvalue weighted by atomic mass is 9.95. The normalized spacial score (nSPS) is 17.4. The van der Waals surface area contributed by atoms with Crippen LogP contribution in [0.15, 0.2) is 12.7 Å². The standard InChI is InChI=1S/C8H16O/c1-5-7(4)8(9)6(2)3/h5-9H,1H2,2-4H3/t7-,8-/m0/s1. The third-order valence-electron chi connectivity index (χ3n) is 1.59. The van der Waals surface area contributed by atoms with Crippen molar-refractivity contribution in [3.05, 3.63) is 12.7 Å². The Kier molecular flexibility index (Phi) is 3.55. The summed E-state index contributed by atoms with van der Waals surface area (Å²) in [5, 5.41) is 9.32. The topological polar surface area (TPSA) is 20.2 Å². The molecule has 0 saturated carbocycles. The molecule has 0 spiro atoms. The Morgan fingerprint density at radius 2 is 1.78 bits per heavy atom. The zero-order valence-corrected chi connectivity index (χ0v) is 6.46. The fourth-order valence-corrected chi connectivity index (χ4v) is 0.747. The molecule has 1 N–H and O–H groups in total. The highest BCUT2D eigenvalue weighted by Gasteiger charge is 2.13. The predicted molar refractivity (Wildman–Crippen MR) is 40.2 cm³/mol. The Balaban J connectivity index is 3.71. The van der Waals surface area contributed by atoms with Crippen LogP contribution in [0.4, 0.5) is 0 Å². The fraction of sp³-hybridized carbons (Fsp3) is 0.750. The van der Waals surface area contributed by atoms with E-state index in [0.29, 0.717) is 5.92 Å². The van der Waals surface area contributed by atoms with Crippen molar-refractivity contribution in [1.29, 1.82) is 0 Å². The maximum Gasteiger partial charge on any atom is 0.0622 e. The summed E-state index contributed by atoms with van der Waals surface area (Å²) in [6.45, 7) is 9.58. The molecule has 0 unspecified atom stereocenters. The Morgan fingerprint density at radius 3 is 1.89 bits per heavy atom. The molecular weight excluding hydrogens is 112 g/mol. The van der Waals surface area contributed by atoms with Gasteiger partial charge in [0.2, 0.25) is 0 Å². The molecule has 0 radical (unpaired) electrons. The van der Waals surface area contributed by atoms with E-state index in [2.05, 4.69) is 6.58 Å². The van der Waals surface area contributed by atoms with Crippen LogP contribution in [-0.2, 0) is 0 Å². The first-order valence-corrected chi connectivity index (χ1v) is 3.40. The van der Waals surface area contributed by atoms with Gasteiger partial charge in [-0.05, 0) is 11.8 Å². The number of rotatable bonds is 3. The van der Waals surface area contributed by atoms with Gasteiger partial charge >= 0.3 is 0 Å². The molecule has 0 amide bonds. The zero-order chi connectivity index (χ0) is 7.44. The van der Waals surface area contributed by atoms with Gasteiger partial charge in [-0.15, -0.1) is 6.58 Å². The molecule has 0 bridgehead atoms. The van der Waals surface area contributed by atoms with Crippen molar-refractivity contribution in [2.45, 2.75) is 26.9 Å². The van der Waals surface area contributed by atoms with Crippen LogP contribution >= 0.6 is 0 Å². The van der Waals surface area contributed by atoms with Gasteiger partial charge in [0.1, 0.15) is 0 Å². The summed E-state index contributed by atoms with van der Waals surface area (Å²) in [6.07, 6.45) is 1.55. The highest BCUT2D eigenvalue weighted by molar-refractivity contribution is 4.82. The minimum atomic E-state index is -0.234. The molecule has 0 aromatic heterocycles. The van der Waals surface area contributed by atoms with E-state index < -0.39 is 0 Å². The van der Waals surface area contributed by atoms with Gasteiger partial charge in [0.05, 0.1) is 6.10 Å². The fourth-order valence-electron chi connectivity index (χ4n) is 0.747. The first-order valence-electron chi connectivity index (χ1n) is 3.40. The van der Waals surface area contributed by atoms with Gasteiger partial charge in [-0.25, -0.2) is 0 Å². The summed E-state index contributed by atoms with van der Waals surface area (Å²) in [6, 6.07) is 0. The second kappa shape index (κ2) is 3.67. The third-order valence-corrected chi connectivity index (χ3v) is 1.59. The SMILES string of the molecule is C=C[C@H](C)[C@@H](O)C(C)C. The first-order chi connectivity index (χ1) is 4.09. The molecule has 0 fully saturated rings. The second-order valence-corrected chi connectivity index (χ2v) is 2.83. The maximum atomic E-state index is 9.32. The predicted octanol–water partition coefficient (Wildman–Crippen LogP) is 1.83. The second-order valence-electron chi connectivity index (χ2n) is 2.83. The largest absolute Gasteiger partial charge is 0.392 e. The Morgan fingerprint density at radius 1 is 1.33 bits per heavy atom. The van der Waals surface area contributed by atoms with Crippen molar-refractivity contribution in [2.75, 3.05) is 0 Å². The van der Waals surface area contributed by atoms with Gasteiger partial charge in [-0.2, -0.15) is 0 Å². The molecule has 0 aliphatic heterocycles. The van der Waals surface area contributed by atoms with E-state index in [0.717, 1.165) is 0 Å². The Labute approximate surface area is 57.4 Å². The molecule has 2 atom stereocenters. The van der Waals surface area contributed by atoms with E-state index in [1.54, 1.807) is 6.08 Å². The van der Waals surface area contributed by atoms with E-state index in [9.17, 15) is 5.11 Å². The van der Waals surface area contributed by atoms with Crippen molar-refractivity contribution in [2.24, 2.45) is 11.8 Å². The zero-order valence-electron chi connectivity index (χ0n) is 6.46. The summed E-state index contributed by atoms with van der Waals surface area (Å²) in [5.74, 6) is 0.544. The summed E-state index contributed by atoms with van der Waals surface area (Å²) in [4.78, 5) is 0. The molecule has 0 heterocycles. The van der Waals surface area contributed by atoms with Gasteiger partial charge in [-0.1, -0.05) is 26.8 Å². The van der Waals surface area contributed by atoms with Crippen molar-refractivity contribution in [3.63, 3.8) is 0 Å². The van der Waals surface area contributed by atoms with Crippen LogP contribution in [-0.4, -0.2) is 11.2 Å². The quantitative estimate of drug-likeness (QED) is 0.575. The Hall–Kier alpha value is -0.300. The van der Waals surface area contributed by atoms with Gasteiger partial charge in [0.25, 0.3) is 0 Å². The lowest BCUT2D eigenvalue weighted by Crippen LogP contribution is -2.21. The Bertz CT molecular complexity index is 86.6. The van der Waals surface area contributed by atoms with Crippen LogP contribution in [0.5, 0.6) is 0 Å². The highest BCUT2D eigenvalue weighted by Crippen LogP contribution is 2.12. The van der Waals surface area contributed by atoms with Gasteiger partial charge in [-0.3, -0.25) is 0 Å². The average Bonchev–Trinajstić information content (AvgIpc) is 1.84. The van der Waals surface area contributed by atoms with Crippen LogP contribution in [0, 0.1) is 11.8 Å². The summed E-state index contributed by atoms with van der Waals surface area (Å²) < 4.78 is 0. The van der Waals surface area contributed by atoms with Crippen LogP contribution in [0.25, 0.3) is 0 Å². The highest BCUT2D eigenvalue weighted by atomic mass is 16.3. The molecule has 9 heavy (non-hydrogen) atoms. The van der Waals surface area contributed by atoms with Crippen molar-refractivity contribution in [3.8, 4) is 0 Å². The molecule has 0 aliphatic carbocycles. The third kappa shape index (κ3) is 2.66. The van der Waals surface area contributed by atoms with Gasteiger partial charge < -0.3 is 5.11 Å². The van der Waals surface area contributed by atoms with E-state index in [1.165, 1.54) is 0 Å². The number of aliphatic hydroxyl groups excluding tert-OH is 1. The molecule has 0 aliphatic rings. The van der Waals surface area contributed by atoms with Crippen LogP contribution < -0.4 is 0 Å². The smallest absolute Gasteiger partial charge is 0.0622 e. The van der Waals surface area contributed by atoms with Crippen LogP contribution in [0.2, 0.25) is 0 Å². The van der Waals surface area contributed by atoms with Crippen molar-refractivity contribution < 1.29 is 5.11 Å². The van der Waals surface area contributed by atoms with Crippen molar-refractivity contribution >= 4 is 0 Å². The van der Waals surface area contributed by atoms with Gasteiger partial charge in [0.15, 0.2) is 0 Å². The lowest BCUT2D eigenvalue weighted by molar-refractivity contribution is 0.0913. The number of aliphatic hydroxyl groups is 1. The molecule has 0 aromatic carbocycles. The summed E-state index contributed by atoms with van der Waals surface area (Å²) >= 11 is 0. The minimum Gasteiger partial charge on any atom is -0.392 e. The van der Waals surface area contributed by atoms with E-state index >= 15 is 0 Å². The summed E-state index contributed by atoms with van der Waals surface area (Å²) in [5.41, 5.74) is 0. The van der Waals surface area contributed by atoms with Crippen molar-refractivity contribution in [1.82, 2.24) is 0 Å². The van der Waals surface area contributed by atoms with Crippen LogP contribution in [0.3, 0.4) is 0 Å². The van der Waals surface area contributed by atoms with E-state index in [4.69, 9.17) is 0 Å². The molecule has 0 aromatic rings.